The van der Waals surface area contributed by atoms with E-state index in [0.717, 1.165) is 114 Å². The van der Waals surface area contributed by atoms with Crippen molar-refractivity contribution in [1.82, 2.24) is 0 Å². The van der Waals surface area contributed by atoms with E-state index in [4.69, 9.17) is 37.0 Å². The molecule has 0 spiro atoms. The normalized spacial score (nSPS) is 14.2. The molecule has 0 aromatic heterocycles. The van der Waals surface area contributed by atoms with Crippen molar-refractivity contribution in [3.63, 3.8) is 0 Å². The number of carbonyl (C=O) groups excluding carboxylic acids is 4. The molecule has 0 amide bonds. The molecule has 0 aliphatic rings. The van der Waals surface area contributed by atoms with E-state index in [1.54, 1.807) is 0 Å². The molecule has 0 aromatic rings. The summed E-state index contributed by atoms with van der Waals surface area (Å²) in [6.07, 6.45) is 48.9. The summed E-state index contributed by atoms with van der Waals surface area (Å²) in [5.74, 6) is 0.861. The number of aliphatic hydroxyl groups is 1. The van der Waals surface area contributed by atoms with E-state index in [0.29, 0.717) is 31.6 Å². The fourth-order valence-corrected chi connectivity index (χ4v) is 13.0. The number of phosphoric ester groups is 2. The van der Waals surface area contributed by atoms with Crippen LogP contribution in [0.4, 0.5) is 0 Å². The Morgan fingerprint density at radius 2 is 0.447 bits per heavy atom. The molecule has 0 aliphatic heterocycles. The lowest BCUT2D eigenvalue weighted by atomic mass is 10.0. The number of unbranched alkanes of at least 4 members (excludes halogenated alkanes) is 38. The average Bonchev–Trinajstić information content (AvgIpc) is 2.05. The Kier molecular flexibility index (Phi) is 63.1. The molecule has 0 aliphatic carbocycles. The molecule has 0 aromatic carbocycles. The lowest BCUT2D eigenvalue weighted by molar-refractivity contribution is -0.161. The summed E-state index contributed by atoms with van der Waals surface area (Å²) in [5, 5.41) is 10.6. The number of aliphatic hydroxyl groups excluding tert-OH is 1. The van der Waals surface area contributed by atoms with Crippen molar-refractivity contribution < 1.29 is 80.2 Å². The predicted octanol–water partition coefficient (Wildman–Crippen LogP) is 21.7. The molecule has 0 saturated heterocycles. The first-order chi connectivity index (χ1) is 45.1. The molecule has 3 N–H and O–H groups in total. The van der Waals surface area contributed by atoms with Crippen LogP contribution in [0.3, 0.4) is 0 Å². The number of ether oxygens (including phenoxy) is 4. The fraction of sp³-hybridized carbons (Fsp3) is 0.947. The van der Waals surface area contributed by atoms with Gasteiger partial charge in [0.15, 0.2) is 12.2 Å². The van der Waals surface area contributed by atoms with E-state index in [1.165, 1.54) is 173 Å². The van der Waals surface area contributed by atoms with Gasteiger partial charge in [0.25, 0.3) is 0 Å². The first kappa shape index (κ1) is 92.1. The molecule has 0 heterocycles. The molecule has 3 unspecified atom stereocenters. The topological polar surface area (TPSA) is 237 Å². The fourth-order valence-electron chi connectivity index (χ4n) is 11.4. The molecular formula is C75H146O17P2. The maximum absolute atomic E-state index is 13.1. The van der Waals surface area contributed by atoms with Crippen molar-refractivity contribution in [3.8, 4) is 0 Å². The van der Waals surface area contributed by atoms with E-state index >= 15 is 0 Å². The van der Waals surface area contributed by atoms with Crippen molar-refractivity contribution >= 4 is 39.5 Å². The van der Waals surface area contributed by atoms with E-state index < -0.39 is 97.5 Å². The summed E-state index contributed by atoms with van der Waals surface area (Å²) in [6.45, 7) is 14.1. The highest BCUT2D eigenvalue weighted by atomic mass is 31.2. The molecule has 0 radical (unpaired) electrons. The van der Waals surface area contributed by atoms with Gasteiger partial charge in [-0.3, -0.25) is 37.3 Å². The minimum Gasteiger partial charge on any atom is -0.462 e. The highest BCUT2D eigenvalue weighted by Crippen LogP contribution is 2.45. The second kappa shape index (κ2) is 64.4. The van der Waals surface area contributed by atoms with Gasteiger partial charge in [0.1, 0.15) is 19.3 Å². The van der Waals surface area contributed by atoms with Gasteiger partial charge in [0.05, 0.1) is 26.4 Å². The van der Waals surface area contributed by atoms with Crippen LogP contribution >= 0.6 is 15.6 Å². The number of hydrogen-bond donors (Lipinski definition) is 3. The molecule has 558 valence electrons. The molecule has 19 heteroatoms. The average molecular weight is 1380 g/mol. The number of phosphoric acid groups is 2. The Morgan fingerprint density at radius 1 is 0.266 bits per heavy atom. The highest BCUT2D eigenvalue weighted by molar-refractivity contribution is 7.47. The maximum atomic E-state index is 13.1. The Morgan fingerprint density at radius 3 is 0.660 bits per heavy atom. The number of rotatable bonds is 72. The third-order valence-electron chi connectivity index (χ3n) is 17.3. The maximum Gasteiger partial charge on any atom is 0.472 e. The molecule has 5 atom stereocenters. The highest BCUT2D eigenvalue weighted by Gasteiger charge is 2.30. The first-order valence-corrected chi connectivity index (χ1v) is 41.7. The molecule has 17 nitrogen and oxygen atoms in total. The van der Waals surface area contributed by atoms with E-state index in [1.807, 2.05) is 0 Å². The smallest absolute Gasteiger partial charge is 0.462 e. The van der Waals surface area contributed by atoms with Crippen molar-refractivity contribution in [2.45, 2.75) is 395 Å². The first-order valence-electron chi connectivity index (χ1n) is 38.7. The van der Waals surface area contributed by atoms with Gasteiger partial charge >= 0.3 is 39.5 Å². The SMILES string of the molecule is CC(C)CCCCCCCCCCCCCCCCCCCCC(=O)O[C@H](COC(=O)CCCCCCCCCC(C)C)COP(=O)(O)OCC(O)COP(=O)(O)OC[C@@H](COC(=O)CCCCCCCCCCCC(C)C)OC(=O)CCCCCCCCCCC(C)C. The standard InChI is InChI=1S/C75H146O17P2/c1-65(2)51-43-35-27-20-17-15-13-11-9-10-12-14-16-18-22-32-41-49-57-74(79)91-71(62-86-73(78)56-48-40-34-26-30-38-46-54-68(7)8)64-90-94(83,84)88-60-69(76)59-87-93(81,82)89-63-70(92-75(80)58-50-42-33-25-24-29-37-45-53-67(5)6)61-85-72(77)55-47-39-31-23-19-21-28-36-44-52-66(3)4/h65-71,76H,9-64H2,1-8H3,(H,81,82)(H,83,84)/t69?,70-,71-/m1/s1. The Bertz CT molecular complexity index is 1850. The minimum atomic E-state index is -4.96. The third-order valence-corrected chi connectivity index (χ3v) is 19.2. The predicted molar refractivity (Wildman–Crippen MR) is 381 cm³/mol. The molecule has 0 rings (SSSR count). The Labute approximate surface area is 575 Å². The quantitative estimate of drug-likeness (QED) is 0.0222. The van der Waals surface area contributed by atoms with Crippen LogP contribution in [-0.2, 0) is 65.4 Å². The van der Waals surface area contributed by atoms with Gasteiger partial charge < -0.3 is 33.8 Å². The number of hydrogen-bond acceptors (Lipinski definition) is 15. The number of carbonyl (C=O) groups is 4. The molecule has 0 bridgehead atoms. The van der Waals surface area contributed by atoms with Crippen LogP contribution in [0.1, 0.15) is 376 Å². The van der Waals surface area contributed by atoms with Gasteiger partial charge in [0.2, 0.25) is 0 Å². The van der Waals surface area contributed by atoms with Crippen molar-refractivity contribution in [2.24, 2.45) is 23.7 Å². The van der Waals surface area contributed by atoms with Crippen LogP contribution in [0.2, 0.25) is 0 Å². The van der Waals surface area contributed by atoms with Crippen LogP contribution in [0, 0.1) is 23.7 Å². The third kappa shape index (κ3) is 68.6. The zero-order valence-electron chi connectivity index (χ0n) is 61.6. The molecular weight excluding hydrogens is 1230 g/mol. The number of esters is 4. The van der Waals surface area contributed by atoms with Gasteiger partial charge in [-0.1, -0.05) is 325 Å². The largest absolute Gasteiger partial charge is 0.472 e. The molecule has 0 fully saturated rings. The molecule has 0 saturated carbocycles. The van der Waals surface area contributed by atoms with Gasteiger partial charge in [-0.15, -0.1) is 0 Å². The van der Waals surface area contributed by atoms with Crippen LogP contribution in [0.5, 0.6) is 0 Å². The second-order valence-corrected chi connectivity index (χ2v) is 31.9. The van der Waals surface area contributed by atoms with Crippen molar-refractivity contribution in [2.75, 3.05) is 39.6 Å². The van der Waals surface area contributed by atoms with Crippen molar-refractivity contribution in [1.29, 1.82) is 0 Å². The minimum absolute atomic E-state index is 0.104. The van der Waals surface area contributed by atoms with Gasteiger partial charge in [-0.25, -0.2) is 9.13 Å². The summed E-state index contributed by atoms with van der Waals surface area (Å²) in [6, 6.07) is 0. The van der Waals surface area contributed by atoms with Crippen LogP contribution in [0.15, 0.2) is 0 Å². The summed E-state index contributed by atoms with van der Waals surface area (Å²) in [5.41, 5.74) is 0. The van der Waals surface area contributed by atoms with E-state index in [9.17, 15) is 43.2 Å². The van der Waals surface area contributed by atoms with Crippen LogP contribution in [0.25, 0.3) is 0 Å². The Hall–Kier alpha value is -1.94. The Balaban J connectivity index is 5.18. The monoisotopic (exact) mass is 1380 g/mol. The lowest BCUT2D eigenvalue weighted by Crippen LogP contribution is -2.30. The van der Waals surface area contributed by atoms with Gasteiger partial charge in [-0.05, 0) is 49.4 Å². The summed E-state index contributed by atoms with van der Waals surface area (Å²) in [4.78, 5) is 72.7. The molecule has 94 heavy (non-hydrogen) atoms. The summed E-state index contributed by atoms with van der Waals surface area (Å²) >= 11 is 0. The van der Waals surface area contributed by atoms with Gasteiger partial charge in [0, 0.05) is 25.7 Å². The van der Waals surface area contributed by atoms with Crippen LogP contribution in [-0.4, -0.2) is 96.7 Å². The second-order valence-electron chi connectivity index (χ2n) is 28.9. The van der Waals surface area contributed by atoms with Crippen LogP contribution < -0.4 is 0 Å². The zero-order valence-corrected chi connectivity index (χ0v) is 63.4. The lowest BCUT2D eigenvalue weighted by Gasteiger charge is -2.21. The van der Waals surface area contributed by atoms with E-state index in [2.05, 4.69) is 55.4 Å². The summed E-state index contributed by atoms with van der Waals surface area (Å²) in [7, 11) is -9.91. The van der Waals surface area contributed by atoms with E-state index in [-0.39, 0.29) is 25.7 Å². The summed E-state index contributed by atoms with van der Waals surface area (Å²) < 4.78 is 68.4. The van der Waals surface area contributed by atoms with Gasteiger partial charge in [-0.2, -0.15) is 0 Å². The zero-order chi connectivity index (χ0) is 69.6. The van der Waals surface area contributed by atoms with Crippen molar-refractivity contribution in [3.05, 3.63) is 0 Å².